The summed E-state index contributed by atoms with van der Waals surface area (Å²) in [5, 5.41) is 16.5. The highest BCUT2D eigenvalue weighted by molar-refractivity contribution is 9.10. The summed E-state index contributed by atoms with van der Waals surface area (Å²) in [7, 11) is 1.52. The lowest BCUT2D eigenvalue weighted by Gasteiger charge is -2.08. The van der Waals surface area contributed by atoms with Crippen LogP contribution in [0.15, 0.2) is 22.7 Å². The van der Waals surface area contributed by atoms with Gasteiger partial charge in [-0.2, -0.15) is 0 Å². The van der Waals surface area contributed by atoms with E-state index in [9.17, 15) is 9.18 Å². The van der Waals surface area contributed by atoms with Crippen molar-refractivity contribution in [3.63, 3.8) is 0 Å². The number of hydrogen-bond donors (Lipinski definition) is 1. The van der Waals surface area contributed by atoms with Crippen molar-refractivity contribution in [2.45, 2.75) is 13.0 Å². The van der Waals surface area contributed by atoms with Crippen LogP contribution < -0.4 is 0 Å². The highest BCUT2D eigenvalue weighted by Gasteiger charge is 2.19. The fourth-order valence-corrected chi connectivity index (χ4v) is 2.22. The second kappa shape index (κ2) is 6.77. The lowest BCUT2D eigenvalue weighted by atomic mass is 10.2. The molecule has 0 aliphatic carbocycles. The van der Waals surface area contributed by atoms with Gasteiger partial charge in [-0.1, -0.05) is 27.2 Å². The molecule has 0 fully saturated rings. The smallest absolute Gasteiger partial charge is 0.358 e. The van der Waals surface area contributed by atoms with Crippen LogP contribution in [0.1, 0.15) is 21.7 Å². The number of benzene rings is 1. The minimum atomic E-state index is -1.16. The van der Waals surface area contributed by atoms with Crippen LogP contribution in [-0.2, 0) is 17.7 Å². The molecule has 0 amide bonds. The van der Waals surface area contributed by atoms with Crippen LogP contribution in [0.2, 0.25) is 0 Å². The second-order valence-electron chi connectivity index (χ2n) is 4.33. The maximum atomic E-state index is 13.9. The van der Waals surface area contributed by atoms with Gasteiger partial charge in [0.1, 0.15) is 5.82 Å². The minimum absolute atomic E-state index is 0.110. The molecule has 0 radical (unpaired) electrons. The first kappa shape index (κ1) is 15.6. The molecule has 2 aromatic rings. The van der Waals surface area contributed by atoms with Gasteiger partial charge in [-0.25, -0.2) is 13.9 Å². The first-order chi connectivity index (χ1) is 10.0. The number of ether oxygens (including phenoxy) is 1. The van der Waals surface area contributed by atoms with E-state index in [0.717, 1.165) is 0 Å². The van der Waals surface area contributed by atoms with Crippen molar-refractivity contribution in [2.24, 2.45) is 0 Å². The van der Waals surface area contributed by atoms with E-state index >= 15 is 0 Å². The summed E-state index contributed by atoms with van der Waals surface area (Å²) in [5.41, 5.74) is 0.676. The van der Waals surface area contributed by atoms with Crippen molar-refractivity contribution in [1.29, 1.82) is 0 Å². The maximum Gasteiger partial charge on any atom is 0.358 e. The number of nitrogens with zero attached hydrogens (tertiary/aromatic N) is 3. The Balaban J connectivity index is 2.32. The summed E-state index contributed by atoms with van der Waals surface area (Å²) in [6.45, 7) is 0.439. The van der Waals surface area contributed by atoms with Crippen LogP contribution in [0, 0.1) is 5.82 Å². The molecule has 0 saturated heterocycles. The average molecular weight is 358 g/mol. The van der Waals surface area contributed by atoms with Gasteiger partial charge in [0.05, 0.1) is 18.8 Å². The Morgan fingerprint density at radius 2 is 2.29 bits per heavy atom. The first-order valence-electron chi connectivity index (χ1n) is 6.11. The van der Waals surface area contributed by atoms with E-state index in [1.807, 2.05) is 0 Å². The van der Waals surface area contributed by atoms with Gasteiger partial charge in [-0.15, -0.1) is 5.10 Å². The molecule has 0 unspecified atom stereocenters. The molecule has 6 nitrogen and oxygen atoms in total. The zero-order valence-corrected chi connectivity index (χ0v) is 12.8. The predicted octanol–water partition coefficient (Wildman–Crippen LogP) is 2.12. The molecule has 0 saturated carbocycles. The van der Waals surface area contributed by atoms with Crippen molar-refractivity contribution in [1.82, 2.24) is 15.0 Å². The highest BCUT2D eigenvalue weighted by Crippen LogP contribution is 2.17. The molecule has 0 aliphatic heterocycles. The highest BCUT2D eigenvalue weighted by atomic mass is 79.9. The molecule has 21 heavy (non-hydrogen) atoms. The molecule has 1 aromatic heterocycles. The van der Waals surface area contributed by atoms with Gasteiger partial charge in [0.15, 0.2) is 5.69 Å². The zero-order valence-electron chi connectivity index (χ0n) is 11.2. The van der Waals surface area contributed by atoms with Crippen LogP contribution in [0.25, 0.3) is 0 Å². The third-order valence-corrected chi connectivity index (χ3v) is 3.41. The summed E-state index contributed by atoms with van der Waals surface area (Å²) in [5.74, 6) is -1.56. The fraction of sp³-hybridized carbons (Fsp3) is 0.308. The predicted molar refractivity (Wildman–Crippen MR) is 75.8 cm³/mol. The van der Waals surface area contributed by atoms with E-state index in [1.165, 1.54) is 17.9 Å². The largest absolute Gasteiger partial charge is 0.476 e. The van der Waals surface area contributed by atoms with E-state index in [1.54, 1.807) is 12.1 Å². The molecule has 112 valence electrons. The van der Waals surface area contributed by atoms with Crippen molar-refractivity contribution in [3.05, 3.63) is 45.4 Å². The topological polar surface area (TPSA) is 77.2 Å². The van der Waals surface area contributed by atoms with Crippen LogP contribution in [0.5, 0.6) is 0 Å². The van der Waals surface area contributed by atoms with Crippen molar-refractivity contribution >= 4 is 21.9 Å². The van der Waals surface area contributed by atoms with Gasteiger partial charge in [-0.3, -0.25) is 0 Å². The minimum Gasteiger partial charge on any atom is -0.476 e. The van der Waals surface area contributed by atoms with Gasteiger partial charge >= 0.3 is 5.97 Å². The molecule has 1 N–H and O–H groups in total. The third-order valence-electron chi connectivity index (χ3n) is 2.92. The summed E-state index contributed by atoms with van der Waals surface area (Å²) in [4.78, 5) is 11.1. The molecule has 0 aliphatic rings. The molecule has 0 bridgehead atoms. The normalized spacial score (nSPS) is 10.8. The number of carboxylic acids is 1. The van der Waals surface area contributed by atoms with Crippen molar-refractivity contribution < 1.29 is 19.0 Å². The van der Waals surface area contributed by atoms with E-state index in [-0.39, 0.29) is 12.2 Å². The van der Waals surface area contributed by atoms with E-state index < -0.39 is 11.8 Å². The van der Waals surface area contributed by atoms with Gasteiger partial charge in [0.25, 0.3) is 0 Å². The van der Waals surface area contributed by atoms with Crippen LogP contribution >= 0.6 is 15.9 Å². The molecule has 8 heteroatoms. The maximum absolute atomic E-state index is 13.9. The molecule has 1 heterocycles. The summed E-state index contributed by atoms with van der Waals surface area (Å²) in [6.07, 6.45) is 0.337. The van der Waals surface area contributed by atoms with Crippen LogP contribution in [-0.4, -0.2) is 39.8 Å². The second-order valence-corrected chi connectivity index (χ2v) is 5.24. The number of hydrogen-bond acceptors (Lipinski definition) is 4. The van der Waals surface area contributed by atoms with Gasteiger partial charge in [-0.05, 0) is 12.1 Å². The van der Waals surface area contributed by atoms with Crippen LogP contribution in [0.3, 0.4) is 0 Å². The van der Waals surface area contributed by atoms with Crippen LogP contribution in [0.4, 0.5) is 4.39 Å². The lowest BCUT2D eigenvalue weighted by Crippen LogP contribution is -2.12. The van der Waals surface area contributed by atoms with Gasteiger partial charge in [0, 0.05) is 23.6 Å². The summed E-state index contributed by atoms with van der Waals surface area (Å²) in [6, 6.07) is 4.67. The van der Waals surface area contributed by atoms with Crippen molar-refractivity contribution in [3.8, 4) is 0 Å². The molecule has 1 aromatic carbocycles. The molecular formula is C13H13BrFN3O3. The SMILES string of the molecule is COCCc1c(C(=O)O)nnn1Cc1ccc(Br)cc1F. The number of aromatic nitrogens is 3. The van der Waals surface area contributed by atoms with E-state index in [4.69, 9.17) is 9.84 Å². The fourth-order valence-electron chi connectivity index (χ4n) is 1.88. The Labute approximate surface area is 128 Å². The lowest BCUT2D eigenvalue weighted by molar-refractivity contribution is 0.0688. The Bertz CT molecular complexity index is 660. The third kappa shape index (κ3) is 3.64. The Morgan fingerprint density at radius 3 is 2.90 bits per heavy atom. The molecule has 0 atom stereocenters. The van der Waals surface area contributed by atoms with Gasteiger partial charge in [0.2, 0.25) is 0 Å². The molecule has 2 rings (SSSR count). The van der Waals surface area contributed by atoms with E-state index in [0.29, 0.717) is 28.8 Å². The summed E-state index contributed by atoms with van der Waals surface area (Å²) < 4.78 is 20.8. The Morgan fingerprint density at radius 1 is 1.52 bits per heavy atom. The number of aromatic carboxylic acids is 1. The standard InChI is InChI=1S/C13H13BrFN3O3/c1-21-5-4-11-12(13(19)20)16-17-18(11)7-8-2-3-9(14)6-10(8)15/h2-3,6H,4-5,7H2,1H3,(H,19,20). The first-order valence-corrected chi connectivity index (χ1v) is 6.90. The quantitative estimate of drug-likeness (QED) is 0.856. The number of rotatable bonds is 6. The molecular weight excluding hydrogens is 345 g/mol. The molecule has 0 spiro atoms. The Kier molecular flexibility index (Phi) is 5.03. The monoisotopic (exact) mass is 357 g/mol. The number of carboxylic acid groups (broad SMARTS) is 1. The Hall–Kier alpha value is -1.80. The average Bonchev–Trinajstić information content (AvgIpc) is 2.82. The number of carbonyl (C=O) groups is 1. The van der Waals surface area contributed by atoms with Crippen molar-refractivity contribution in [2.75, 3.05) is 13.7 Å². The number of methoxy groups -OCH3 is 1. The van der Waals surface area contributed by atoms with E-state index in [2.05, 4.69) is 26.2 Å². The zero-order chi connectivity index (χ0) is 15.4. The summed E-state index contributed by atoms with van der Waals surface area (Å²) >= 11 is 3.18. The van der Waals surface area contributed by atoms with Gasteiger partial charge < -0.3 is 9.84 Å². The number of halogens is 2.